The Balaban J connectivity index is 1.59. The van der Waals surface area contributed by atoms with E-state index in [1.807, 2.05) is 24.3 Å². The maximum Gasteiger partial charge on any atom is 0.258 e. The van der Waals surface area contributed by atoms with Crippen LogP contribution in [0.1, 0.15) is 11.6 Å². The van der Waals surface area contributed by atoms with Crippen LogP contribution in [0.5, 0.6) is 5.75 Å². The van der Waals surface area contributed by atoms with Crippen LogP contribution in [-0.2, 0) is 9.53 Å². The van der Waals surface area contributed by atoms with E-state index in [4.69, 9.17) is 21.1 Å². The fraction of sp³-hybridized carbons (Fsp3) is 0.350. The Morgan fingerprint density at radius 2 is 1.89 bits per heavy atom. The zero-order valence-corrected chi connectivity index (χ0v) is 15.6. The normalized spacial score (nSPS) is 15.9. The van der Waals surface area contributed by atoms with Gasteiger partial charge in [0.25, 0.3) is 5.91 Å². The van der Waals surface area contributed by atoms with E-state index in [1.54, 1.807) is 0 Å². The van der Waals surface area contributed by atoms with Gasteiger partial charge in [0.05, 0.1) is 19.3 Å². The SMILES string of the molecule is O=C(COc1ccc(F)cc1)NC[C@H](c1ccccc1Cl)N1CCOCC1. The molecular formula is C20H22ClFN2O3. The standard InChI is InChI=1S/C20H22ClFN2O3/c21-18-4-2-1-3-17(18)19(24-9-11-26-12-10-24)13-23-20(25)14-27-16-7-5-15(22)6-8-16/h1-8,19H,9-14H2,(H,23,25)/t19-/m1/s1. The van der Waals surface area contributed by atoms with Crippen LogP contribution < -0.4 is 10.1 Å². The summed E-state index contributed by atoms with van der Waals surface area (Å²) in [7, 11) is 0. The number of benzene rings is 2. The van der Waals surface area contributed by atoms with Crippen molar-refractivity contribution in [2.75, 3.05) is 39.5 Å². The lowest BCUT2D eigenvalue weighted by Gasteiger charge is -2.35. The molecule has 5 nitrogen and oxygen atoms in total. The Hall–Kier alpha value is -2.15. The molecule has 7 heteroatoms. The fourth-order valence-electron chi connectivity index (χ4n) is 3.01. The zero-order valence-electron chi connectivity index (χ0n) is 14.9. The number of hydrogen-bond acceptors (Lipinski definition) is 4. The van der Waals surface area contributed by atoms with E-state index in [2.05, 4.69) is 10.2 Å². The lowest BCUT2D eigenvalue weighted by Crippen LogP contribution is -2.44. The highest BCUT2D eigenvalue weighted by atomic mass is 35.5. The van der Waals surface area contributed by atoms with Gasteiger partial charge < -0.3 is 14.8 Å². The van der Waals surface area contributed by atoms with Crippen LogP contribution in [0.15, 0.2) is 48.5 Å². The van der Waals surface area contributed by atoms with Gasteiger partial charge in [-0.25, -0.2) is 4.39 Å². The first-order valence-electron chi connectivity index (χ1n) is 8.85. The highest BCUT2D eigenvalue weighted by Crippen LogP contribution is 2.27. The molecule has 2 aromatic rings. The molecule has 144 valence electrons. The zero-order chi connectivity index (χ0) is 19.1. The molecule has 27 heavy (non-hydrogen) atoms. The van der Waals surface area contributed by atoms with Crippen LogP contribution in [0.25, 0.3) is 0 Å². The van der Waals surface area contributed by atoms with Crippen molar-refractivity contribution >= 4 is 17.5 Å². The predicted octanol–water partition coefficient (Wildman–Crippen LogP) is 3.05. The van der Waals surface area contributed by atoms with E-state index < -0.39 is 0 Å². The molecule has 1 aliphatic rings. The molecule has 0 bridgehead atoms. The molecule has 1 atom stereocenters. The van der Waals surface area contributed by atoms with Gasteiger partial charge in [-0.2, -0.15) is 0 Å². The third-order valence-corrected chi connectivity index (χ3v) is 4.77. The maximum absolute atomic E-state index is 12.9. The summed E-state index contributed by atoms with van der Waals surface area (Å²) in [6.07, 6.45) is 0. The van der Waals surface area contributed by atoms with Crippen molar-refractivity contribution in [3.63, 3.8) is 0 Å². The third-order valence-electron chi connectivity index (χ3n) is 4.43. The topological polar surface area (TPSA) is 50.8 Å². The van der Waals surface area contributed by atoms with Gasteiger partial charge in [0.1, 0.15) is 11.6 Å². The summed E-state index contributed by atoms with van der Waals surface area (Å²) < 4.78 is 23.7. The smallest absolute Gasteiger partial charge is 0.258 e. The summed E-state index contributed by atoms with van der Waals surface area (Å²) in [5.41, 5.74) is 0.973. The lowest BCUT2D eigenvalue weighted by atomic mass is 10.0. The number of nitrogens with zero attached hydrogens (tertiary/aromatic N) is 1. The molecule has 1 saturated heterocycles. The monoisotopic (exact) mass is 392 g/mol. The molecule has 2 aromatic carbocycles. The lowest BCUT2D eigenvalue weighted by molar-refractivity contribution is -0.123. The van der Waals surface area contributed by atoms with E-state index in [0.29, 0.717) is 30.5 Å². The summed E-state index contributed by atoms with van der Waals surface area (Å²) in [5.74, 6) is -0.146. The summed E-state index contributed by atoms with van der Waals surface area (Å²) in [4.78, 5) is 14.5. The number of nitrogens with one attached hydrogen (secondary N) is 1. The van der Waals surface area contributed by atoms with Gasteiger partial charge >= 0.3 is 0 Å². The number of amides is 1. The summed E-state index contributed by atoms with van der Waals surface area (Å²) in [6.45, 7) is 3.14. The molecule has 3 rings (SSSR count). The molecule has 1 aliphatic heterocycles. The second-order valence-electron chi connectivity index (χ2n) is 6.23. The van der Waals surface area contributed by atoms with Crippen LogP contribution in [0, 0.1) is 5.82 Å². The van der Waals surface area contributed by atoms with Gasteiger partial charge in [-0.1, -0.05) is 29.8 Å². The molecule has 0 unspecified atom stereocenters. The molecule has 0 aromatic heterocycles. The van der Waals surface area contributed by atoms with Gasteiger partial charge in [0.2, 0.25) is 0 Å². The minimum absolute atomic E-state index is 0.0441. The highest BCUT2D eigenvalue weighted by Gasteiger charge is 2.24. The first kappa shape index (κ1) is 19.6. The summed E-state index contributed by atoms with van der Waals surface area (Å²) in [5, 5.41) is 3.58. The van der Waals surface area contributed by atoms with Crippen LogP contribution in [0.3, 0.4) is 0 Å². The molecule has 1 heterocycles. The Morgan fingerprint density at radius 3 is 2.59 bits per heavy atom. The molecule has 0 radical (unpaired) electrons. The molecule has 1 N–H and O–H groups in total. The van der Waals surface area contributed by atoms with Crippen LogP contribution in [0.2, 0.25) is 5.02 Å². The first-order valence-corrected chi connectivity index (χ1v) is 9.22. The van der Waals surface area contributed by atoms with E-state index >= 15 is 0 Å². The Labute approximate surface area is 163 Å². The molecule has 1 fully saturated rings. The van der Waals surface area contributed by atoms with Crippen molar-refractivity contribution in [3.8, 4) is 5.75 Å². The number of halogens is 2. The second-order valence-corrected chi connectivity index (χ2v) is 6.64. The van der Waals surface area contributed by atoms with E-state index in [-0.39, 0.29) is 24.4 Å². The Bertz CT molecular complexity index is 751. The van der Waals surface area contributed by atoms with Crippen molar-refractivity contribution in [1.29, 1.82) is 0 Å². The van der Waals surface area contributed by atoms with Gasteiger partial charge in [-0.3, -0.25) is 9.69 Å². The van der Waals surface area contributed by atoms with Crippen molar-refractivity contribution in [2.24, 2.45) is 0 Å². The quantitative estimate of drug-likeness (QED) is 0.786. The Morgan fingerprint density at radius 1 is 1.19 bits per heavy atom. The van der Waals surface area contributed by atoms with E-state index in [9.17, 15) is 9.18 Å². The van der Waals surface area contributed by atoms with Crippen LogP contribution >= 0.6 is 11.6 Å². The van der Waals surface area contributed by atoms with Gasteiger partial charge in [0, 0.05) is 24.7 Å². The maximum atomic E-state index is 12.9. The summed E-state index contributed by atoms with van der Waals surface area (Å²) in [6, 6.07) is 13.2. The number of ether oxygens (including phenoxy) is 2. The minimum atomic E-state index is -0.347. The molecule has 0 saturated carbocycles. The van der Waals surface area contributed by atoms with Crippen molar-refractivity contribution in [1.82, 2.24) is 10.2 Å². The van der Waals surface area contributed by atoms with E-state index in [0.717, 1.165) is 18.7 Å². The first-order chi connectivity index (χ1) is 13.1. The predicted molar refractivity (Wildman–Crippen MR) is 101 cm³/mol. The third kappa shape index (κ3) is 5.66. The van der Waals surface area contributed by atoms with Crippen LogP contribution in [0.4, 0.5) is 4.39 Å². The Kier molecular flexibility index (Phi) is 7.04. The number of carbonyl (C=O) groups is 1. The van der Waals surface area contributed by atoms with Crippen molar-refractivity contribution in [2.45, 2.75) is 6.04 Å². The van der Waals surface area contributed by atoms with Crippen molar-refractivity contribution < 1.29 is 18.7 Å². The molecule has 1 amide bonds. The number of carbonyl (C=O) groups excluding carboxylic acids is 1. The van der Waals surface area contributed by atoms with Crippen LogP contribution in [-0.4, -0.2) is 50.3 Å². The van der Waals surface area contributed by atoms with Gasteiger partial charge in [0.15, 0.2) is 6.61 Å². The average molecular weight is 393 g/mol. The highest BCUT2D eigenvalue weighted by molar-refractivity contribution is 6.31. The van der Waals surface area contributed by atoms with Gasteiger partial charge in [-0.05, 0) is 35.9 Å². The number of morpholine rings is 1. The summed E-state index contributed by atoms with van der Waals surface area (Å²) >= 11 is 6.38. The van der Waals surface area contributed by atoms with Crippen molar-refractivity contribution in [3.05, 3.63) is 64.9 Å². The minimum Gasteiger partial charge on any atom is -0.484 e. The van der Waals surface area contributed by atoms with E-state index in [1.165, 1.54) is 24.3 Å². The molecule has 0 aliphatic carbocycles. The largest absolute Gasteiger partial charge is 0.484 e. The fourth-order valence-corrected chi connectivity index (χ4v) is 3.27. The molecule has 0 spiro atoms. The average Bonchev–Trinajstić information content (AvgIpc) is 2.70. The molecular weight excluding hydrogens is 371 g/mol. The second kappa shape index (κ2) is 9.69. The van der Waals surface area contributed by atoms with Gasteiger partial charge in [-0.15, -0.1) is 0 Å². The number of hydrogen-bond donors (Lipinski definition) is 1. The number of rotatable bonds is 7.